The molecule has 13 heteroatoms. The number of rotatable bonds is 38. The van der Waals surface area contributed by atoms with E-state index >= 15 is 0 Å². The normalized spacial score (nSPS) is 20.5. The Bertz CT molecular complexity index is 1420. The van der Waals surface area contributed by atoms with Gasteiger partial charge in [0.2, 0.25) is 0 Å². The van der Waals surface area contributed by atoms with Crippen molar-refractivity contribution in [3.05, 3.63) is 72.9 Å². The lowest BCUT2D eigenvalue weighted by molar-refractivity contribution is -0.297. The van der Waals surface area contributed by atoms with Gasteiger partial charge in [-0.3, -0.25) is 14.1 Å². The van der Waals surface area contributed by atoms with Crippen molar-refractivity contribution in [1.82, 2.24) is 0 Å². The van der Waals surface area contributed by atoms with Crippen LogP contribution >= 0.6 is 0 Å². The number of aliphatic hydroxyl groups is 3. The van der Waals surface area contributed by atoms with Crippen LogP contribution in [0.2, 0.25) is 0 Å². The third-order valence-corrected chi connectivity index (χ3v) is 11.0. The molecule has 62 heavy (non-hydrogen) atoms. The summed E-state index contributed by atoms with van der Waals surface area (Å²) in [6.07, 6.45) is 39.4. The van der Waals surface area contributed by atoms with Crippen molar-refractivity contribution in [2.75, 3.05) is 19.0 Å². The number of allylic oxidation sites excluding steroid dienone is 12. The molecule has 0 aromatic rings. The second-order valence-electron chi connectivity index (χ2n) is 16.1. The Morgan fingerprint density at radius 3 is 1.48 bits per heavy atom. The third kappa shape index (κ3) is 32.7. The van der Waals surface area contributed by atoms with Gasteiger partial charge in [-0.15, -0.1) is 0 Å². The van der Waals surface area contributed by atoms with E-state index in [9.17, 15) is 37.9 Å². The Balaban J connectivity index is 2.48. The molecule has 1 heterocycles. The second-order valence-corrected chi connectivity index (χ2v) is 17.6. The van der Waals surface area contributed by atoms with Crippen LogP contribution in [0.3, 0.4) is 0 Å². The number of aliphatic hydroxyl groups excluding tert-OH is 3. The molecule has 1 fully saturated rings. The summed E-state index contributed by atoms with van der Waals surface area (Å²) in [5, 5.41) is 30.9. The molecule has 356 valence electrons. The molecule has 2 unspecified atom stereocenters. The average Bonchev–Trinajstić information content (AvgIpc) is 3.24. The summed E-state index contributed by atoms with van der Waals surface area (Å²) in [6.45, 7) is 3.65. The van der Waals surface area contributed by atoms with Crippen molar-refractivity contribution in [2.24, 2.45) is 0 Å². The van der Waals surface area contributed by atoms with Crippen molar-refractivity contribution in [3.63, 3.8) is 0 Å². The van der Waals surface area contributed by atoms with Crippen molar-refractivity contribution in [3.8, 4) is 0 Å². The van der Waals surface area contributed by atoms with Crippen molar-refractivity contribution in [1.29, 1.82) is 0 Å². The van der Waals surface area contributed by atoms with Gasteiger partial charge in [0.1, 0.15) is 36.8 Å². The molecular weight excluding hydrogens is 813 g/mol. The number of hydrogen-bond acceptors (Lipinski definition) is 11. The molecule has 0 bridgehead atoms. The molecular formula is C49H82O12S. The van der Waals surface area contributed by atoms with E-state index in [2.05, 4.69) is 74.6 Å². The smallest absolute Gasteiger partial charge is 0.306 e. The van der Waals surface area contributed by atoms with E-state index in [1.165, 1.54) is 38.5 Å². The van der Waals surface area contributed by atoms with Gasteiger partial charge in [0.25, 0.3) is 10.1 Å². The average molecular weight is 895 g/mol. The molecule has 0 saturated carbocycles. The molecule has 12 nitrogen and oxygen atoms in total. The maximum atomic E-state index is 12.8. The van der Waals surface area contributed by atoms with E-state index in [0.717, 1.165) is 83.5 Å². The lowest BCUT2D eigenvalue weighted by Crippen LogP contribution is -2.60. The van der Waals surface area contributed by atoms with E-state index < -0.39 is 71.2 Å². The number of esters is 2. The fourth-order valence-electron chi connectivity index (χ4n) is 6.58. The highest BCUT2D eigenvalue weighted by atomic mass is 32.2. The molecule has 0 aromatic heterocycles. The molecule has 4 N–H and O–H groups in total. The van der Waals surface area contributed by atoms with Crippen LogP contribution in [-0.4, -0.2) is 96.0 Å². The van der Waals surface area contributed by atoms with E-state index in [1.54, 1.807) is 0 Å². The topological polar surface area (TPSA) is 186 Å². The minimum Gasteiger partial charge on any atom is -0.462 e. The summed E-state index contributed by atoms with van der Waals surface area (Å²) in [7, 11) is -4.61. The number of carbonyl (C=O) groups is 2. The summed E-state index contributed by atoms with van der Waals surface area (Å²) in [4.78, 5) is 25.4. The zero-order chi connectivity index (χ0) is 45.5. The van der Waals surface area contributed by atoms with E-state index in [0.29, 0.717) is 19.3 Å². The Kier molecular flexibility index (Phi) is 35.5. The molecule has 0 aliphatic carbocycles. The van der Waals surface area contributed by atoms with Crippen LogP contribution in [-0.2, 0) is 38.7 Å². The minimum atomic E-state index is -4.61. The quantitative estimate of drug-likeness (QED) is 0.0199. The van der Waals surface area contributed by atoms with Gasteiger partial charge in [-0.1, -0.05) is 145 Å². The number of carbonyl (C=O) groups excluding carboxylic acids is 2. The highest BCUT2D eigenvalue weighted by Crippen LogP contribution is 2.24. The molecule has 1 rings (SSSR count). The molecule has 1 saturated heterocycles. The van der Waals surface area contributed by atoms with Crippen LogP contribution in [0, 0.1) is 0 Å². The summed E-state index contributed by atoms with van der Waals surface area (Å²) in [5.41, 5.74) is 0. The maximum Gasteiger partial charge on any atom is 0.306 e. The SMILES string of the molecule is CCCCC/C=C/C/C=C/C/C=C/C/C=C/CCCC(=O)OC[C@H](CO[C@H]1O[C@H](CS(=O)(=O)O)[C@@H](O)C(O)C1O)OC(=O)CCCCCCCCC/C=C/C/C=C/CCCCC. The molecule has 0 spiro atoms. The summed E-state index contributed by atoms with van der Waals surface area (Å²) in [5.74, 6) is -2.07. The van der Waals surface area contributed by atoms with Crippen LogP contribution in [0.4, 0.5) is 0 Å². The summed E-state index contributed by atoms with van der Waals surface area (Å²) < 4.78 is 54.0. The molecule has 1 aliphatic rings. The summed E-state index contributed by atoms with van der Waals surface area (Å²) >= 11 is 0. The molecule has 0 aromatic carbocycles. The zero-order valence-corrected chi connectivity index (χ0v) is 38.8. The van der Waals surface area contributed by atoms with Gasteiger partial charge < -0.3 is 34.3 Å². The highest BCUT2D eigenvalue weighted by Gasteiger charge is 2.46. The monoisotopic (exact) mass is 895 g/mol. The van der Waals surface area contributed by atoms with E-state index in [1.807, 2.05) is 12.2 Å². The van der Waals surface area contributed by atoms with Gasteiger partial charge in [-0.05, 0) is 83.5 Å². The van der Waals surface area contributed by atoms with E-state index in [4.69, 9.17) is 18.9 Å². The molecule has 6 atom stereocenters. The predicted octanol–water partition coefficient (Wildman–Crippen LogP) is 9.89. The Morgan fingerprint density at radius 1 is 0.548 bits per heavy atom. The van der Waals surface area contributed by atoms with E-state index in [-0.39, 0.29) is 19.4 Å². The van der Waals surface area contributed by atoms with Gasteiger partial charge in [0, 0.05) is 12.8 Å². The molecule has 1 aliphatic heterocycles. The first-order valence-corrected chi connectivity index (χ1v) is 25.1. The lowest BCUT2D eigenvalue weighted by atomic mass is 10.00. The van der Waals surface area contributed by atoms with Crippen LogP contribution in [0.25, 0.3) is 0 Å². The number of hydrogen-bond donors (Lipinski definition) is 4. The number of ether oxygens (including phenoxy) is 4. The fraction of sp³-hybridized carbons (Fsp3) is 0.714. The van der Waals surface area contributed by atoms with Gasteiger partial charge in [-0.2, -0.15) is 8.42 Å². The van der Waals surface area contributed by atoms with Crippen LogP contribution < -0.4 is 0 Å². The van der Waals surface area contributed by atoms with Crippen LogP contribution in [0.5, 0.6) is 0 Å². The van der Waals surface area contributed by atoms with Crippen LogP contribution in [0.1, 0.15) is 168 Å². The highest BCUT2D eigenvalue weighted by molar-refractivity contribution is 7.85. The van der Waals surface area contributed by atoms with Gasteiger partial charge in [0.05, 0.1) is 6.61 Å². The molecule has 0 amide bonds. The Morgan fingerprint density at radius 2 is 0.984 bits per heavy atom. The Labute approximate surface area is 374 Å². The van der Waals surface area contributed by atoms with Crippen LogP contribution in [0.15, 0.2) is 72.9 Å². The second kappa shape index (κ2) is 38.5. The van der Waals surface area contributed by atoms with Gasteiger partial charge >= 0.3 is 11.9 Å². The number of unbranched alkanes of at least 4 members (excludes halogenated alkanes) is 14. The van der Waals surface area contributed by atoms with Gasteiger partial charge in [-0.25, -0.2) is 0 Å². The summed E-state index contributed by atoms with van der Waals surface area (Å²) in [6, 6.07) is 0. The third-order valence-electron chi connectivity index (χ3n) is 10.3. The lowest BCUT2D eigenvalue weighted by Gasteiger charge is -2.40. The maximum absolute atomic E-state index is 12.8. The standard InChI is InChI=1S/C49H82O12S/c1-3-5-7-9-11-13-15-17-19-21-23-25-27-29-31-33-35-37-44(50)58-39-42(40-59-49-48(54)47(53)46(52)43(61-49)41-62(55,56)57)60-45(51)38-36-34-32-30-28-26-24-22-20-18-16-14-12-10-8-6-4-2/h11-14,17-20,23,25,29,31,42-43,46-49,52-54H,3-10,15-16,21-22,24,26-28,30,32-41H2,1-2H3,(H,55,56,57)/b13-11+,14-12+,19-17+,20-18+,25-23+,31-29+/t42-,43-,46-,47?,48?,49+/m1/s1. The first-order valence-electron chi connectivity index (χ1n) is 23.5. The largest absolute Gasteiger partial charge is 0.462 e. The van der Waals surface area contributed by atoms with Crippen molar-refractivity contribution >= 4 is 22.1 Å². The predicted molar refractivity (Wildman–Crippen MR) is 247 cm³/mol. The zero-order valence-electron chi connectivity index (χ0n) is 37.9. The van der Waals surface area contributed by atoms with Gasteiger partial charge in [0.15, 0.2) is 12.4 Å². The minimum absolute atomic E-state index is 0.138. The van der Waals surface area contributed by atoms with Crippen molar-refractivity contribution in [2.45, 2.75) is 205 Å². The van der Waals surface area contributed by atoms with Crippen molar-refractivity contribution < 1.29 is 56.8 Å². The molecule has 0 radical (unpaired) electrons. The first-order chi connectivity index (χ1) is 30.0. The first kappa shape index (κ1) is 57.1. The Hall–Kier alpha value is -2.91. The fourth-order valence-corrected chi connectivity index (χ4v) is 7.27.